The van der Waals surface area contributed by atoms with E-state index in [-0.39, 0.29) is 0 Å². The normalized spacial score (nSPS) is 20.2. The number of benzene rings is 1. The maximum absolute atomic E-state index is 9.28. The van der Waals surface area contributed by atoms with Crippen LogP contribution in [-0.2, 0) is 6.54 Å². The number of ether oxygens (including phenoxy) is 1. The third kappa shape index (κ3) is 4.08. The van der Waals surface area contributed by atoms with Crippen molar-refractivity contribution in [3.63, 3.8) is 0 Å². The largest absolute Gasteiger partial charge is 0.489 e. The average molecular weight is 261 g/mol. The third-order valence-electron chi connectivity index (χ3n) is 3.58. The Bertz CT molecular complexity index is 405. The molecule has 0 unspecified atom stereocenters. The lowest BCUT2D eigenvalue weighted by Crippen LogP contribution is -2.36. The van der Waals surface area contributed by atoms with E-state index < -0.39 is 0 Å². The number of aliphatic hydroxyl groups is 1. The molecule has 0 spiro atoms. The Morgan fingerprint density at radius 3 is 3.05 bits per heavy atom. The van der Waals surface area contributed by atoms with Crippen molar-refractivity contribution in [1.82, 2.24) is 4.90 Å². The molecule has 0 aromatic heterocycles. The molecule has 0 aliphatic carbocycles. The number of hydrogen-bond donors (Lipinski definition) is 1. The fraction of sp³-hybridized carbons (Fsp3) is 0.500. The van der Waals surface area contributed by atoms with Crippen molar-refractivity contribution >= 4 is 0 Å². The van der Waals surface area contributed by atoms with Crippen LogP contribution in [0, 0.1) is 5.92 Å². The van der Waals surface area contributed by atoms with E-state index in [9.17, 15) is 5.11 Å². The molecule has 0 bridgehead atoms. The molecular weight excluding hydrogens is 238 g/mol. The van der Waals surface area contributed by atoms with Gasteiger partial charge in [-0.1, -0.05) is 30.9 Å². The van der Waals surface area contributed by atoms with Gasteiger partial charge in [-0.15, -0.1) is 0 Å². The second kappa shape index (κ2) is 7.31. The van der Waals surface area contributed by atoms with Gasteiger partial charge < -0.3 is 9.84 Å². The number of likely N-dealkylation sites (tertiary alicyclic amines) is 1. The van der Waals surface area contributed by atoms with E-state index in [0.717, 1.165) is 31.8 Å². The van der Waals surface area contributed by atoms with Crippen LogP contribution in [0.25, 0.3) is 0 Å². The molecule has 3 heteroatoms. The van der Waals surface area contributed by atoms with Gasteiger partial charge in [0.05, 0.1) is 0 Å². The minimum atomic E-state index is 0.297. The highest BCUT2D eigenvalue weighted by Gasteiger charge is 2.19. The van der Waals surface area contributed by atoms with E-state index in [1.165, 1.54) is 12.0 Å². The lowest BCUT2D eigenvalue weighted by atomic mass is 9.98. The van der Waals surface area contributed by atoms with Crippen molar-refractivity contribution in [1.29, 1.82) is 0 Å². The second-order valence-electron chi connectivity index (χ2n) is 5.13. The maximum atomic E-state index is 9.28. The fourth-order valence-electron chi connectivity index (χ4n) is 2.61. The first-order valence-electron chi connectivity index (χ1n) is 6.98. The minimum absolute atomic E-state index is 0.297. The molecule has 1 fully saturated rings. The quantitative estimate of drug-likeness (QED) is 0.798. The van der Waals surface area contributed by atoms with Gasteiger partial charge in [-0.2, -0.15) is 0 Å². The summed E-state index contributed by atoms with van der Waals surface area (Å²) in [7, 11) is 0. The standard InChI is InChI=1S/C16H23NO2/c1-2-10-19-16-8-4-3-7-15(16)12-17-9-5-6-14(11-17)13-18/h2-4,7-8,14,18H,1,5-6,9-13H2/t14-/m1/s1. The van der Waals surface area contributed by atoms with Gasteiger partial charge in [-0.3, -0.25) is 4.90 Å². The van der Waals surface area contributed by atoms with Gasteiger partial charge in [0.2, 0.25) is 0 Å². The fourth-order valence-corrected chi connectivity index (χ4v) is 2.61. The van der Waals surface area contributed by atoms with Gasteiger partial charge >= 0.3 is 0 Å². The van der Waals surface area contributed by atoms with Crippen LogP contribution >= 0.6 is 0 Å². The Morgan fingerprint density at radius 1 is 1.42 bits per heavy atom. The molecule has 0 radical (unpaired) electrons. The molecule has 1 aromatic carbocycles. The van der Waals surface area contributed by atoms with Crippen LogP contribution in [0.1, 0.15) is 18.4 Å². The van der Waals surface area contributed by atoms with E-state index in [4.69, 9.17) is 4.74 Å². The van der Waals surface area contributed by atoms with Crippen LogP contribution in [-0.4, -0.2) is 36.3 Å². The van der Waals surface area contributed by atoms with Crippen molar-refractivity contribution in [2.45, 2.75) is 19.4 Å². The lowest BCUT2D eigenvalue weighted by Gasteiger charge is -2.32. The van der Waals surface area contributed by atoms with Crippen molar-refractivity contribution in [3.8, 4) is 5.75 Å². The molecule has 1 saturated heterocycles. The molecule has 1 N–H and O–H groups in total. The number of nitrogens with zero attached hydrogens (tertiary/aromatic N) is 1. The van der Waals surface area contributed by atoms with Crippen LogP contribution in [0.3, 0.4) is 0 Å². The summed E-state index contributed by atoms with van der Waals surface area (Å²) in [4.78, 5) is 2.40. The van der Waals surface area contributed by atoms with Gasteiger partial charge in [-0.05, 0) is 31.4 Å². The summed E-state index contributed by atoms with van der Waals surface area (Å²) in [6.45, 7) is 7.49. The van der Waals surface area contributed by atoms with E-state index in [1.54, 1.807) is 6.08 Å². The van der Waals surface area contributed by atoms with Gasteiger partial charge in [0.1, 0.15) is 12.4 Å². The SMILES string of the molecule is C=CCOc1ccccc1CN1CCC[C@@H](CO)C1. The van der Waals surface area contributed by atoms with E-state index in [2.05, 4.69) is 17.5 Å². The van der Waals surface area contributed by atoms with Gasteiger partial charge in [0.15, 0.2) is 0 Å². The predicted octanol–water partition coefficient (Wildman–Crippen LogP) is 2.46. The summed E-state index contributed by atoms with van der Waals surface area (Å²) >= 11 is 0. The summed E-state index contributed by atoms with van der Waals surface area (Å²) < 4.78 is 5.69. The molecule has 0 amide bonds. The van der Waals surface area contributed by atoms with Crippen LogP contribution < -0.4 is 4.74 Å². The first-order valence-corrected chi connectivity index (χ1v) is 6.98. The zero-order valence-corrected chi connectivity index (χ0v) is 11.4. The zero-order chi connectivity index (χ0) is 13.5. The van der Waals surface area contributed by atoms with Crippen molar-refractivity contribution in [2.75, 3.05) is 26.3 Å². The molecule has 3 nitrogen and oxygen atoms in total. The van der Waals surface area contributed by atoms with Crippen LogP contribution in [0.5, 0.6) is 5.75 Å². The monoisotopic (exact) mass is 261 g/mol. The van der Waals surface area contributed by atoms with Crippen molar-refractivity contribution in [3.05, 3.63) is 42.5 Å². The topological polar surface area (TPSA) is 32.7 Å². The summed E-state index contributed by atoms with van der Waals surface area (Å²) in [5.74, 6) is 1.36. The average Bonchev–Trinajstić information content (AvgIpc) is 2.46. The number of hydrogen-bond acceptors (Lipinski definition) is 3. The highest BCUT2D eigenvalue weighted by molar-refractivity contribution is 5.33. The predicted molar refractivity (Wildman–Crippen MR) is 77.2 cm³/mol. The first kappa shape index (κ1) is 14.1. The molecule has 1 aromatic rings. The Balaban J connectivity index is 1.99. The molecule has 1 atom stereocenters. The maximum Gasteiger partial charge on any atom is 0.124 e. The van der Waals surface area contributed by atoms with Crippen LogP contribution in [0.15, 0.2) is 36.9 Å². The number of para-hydroxylation sites is 1. The summed E-state index contributed by atoms with van der Waals surface area (Å²) in [6.07, 6.45) is 4.07. The van der Waals surface area contributed by atoms with Gasteiger partial charge in [0.25, 0.3) is 0 Å². The highest BCUT2D eigenvalue weighted by Crippen LogP contribution is 2.23. The van der Waals surface area contributed by atoms with Crippen molar-refractivity contribution < 1.29 is 9.84 Å². The van der Waals surface area contributed by atoms with E-state index >= 15 is 0 Å². The third-order valence-corrected chi connectivity index (χ3v) is 3.58. The van der Waals surface area contributed by atoms with Crippen LogP contribution in [0.4, 0.5) is 0 Å². The molecule has 104 valence electrons. The van der Waals surface area contributed by atoms with Gasteiger partial charge in [0, 0.05) is 25.3 Å². The summed E-state index contributed by atoms with van der Waals surface area (Å²) in [6, 6.07) is 8.16. The molecule has 1 aliphatic heterocycles. The lowest BCUT2D eigenvalue weighted by molar-refractivity contribution is 0.115. The second-order valence-corrected chi connectivity index (χ2v) is 5.13. The van der Waals surface area contributed by atoms with E-state index in [1.807, 2.05) is 18.2 Å². The molecular formula is C16H23NO2. The van der Waals surface area contributed by atoms with Gasteiger partial charge in [-0.25, -0.2) is 0 Å². The zero-order valence-electron chi connectivity index (χ0n) is 11.4. The molecule has 0 saturated carbocycles. The highest BCUT2D eigenvalue weighted by atomic mass is 16.5. The number of aliphatic hydroxyl groups excluding tert-OH is 1. The summed E-state index contributed by atoms with van der Waals surface area (Å²) in [5.41, 5.74) is 1.21. The number of rotatable bonds is 6. The molecule has 2 rings (SSSR count). The Kier molecular flexibility index (Phi) is 5.43. The Labute approximate surface area is 115 Å². The Morgan fingerprint density at radius 2 is 2.26 bits per heavy atom. The Hall–Kier alpha value is -1.32. The molecule has 19 heavy (non-hydrogen) atoms. The molecule has 1 aliphatic rings. The smallest absolute Gasteiger partial charge is 0.124 e. The summed E-state index contributed by atoms with van der Waals surface area (Å²) in [5, 5.41) is 9.28. The van der Waals surface area contributed by atoms with E-state index in [0.29, 0.717) is 19.1 Å². The number of piperidine rings is 1. The van der Waals surface area contributed by atoms with Crippen LogP contribution in [0.2, 0.25) is 0 Å². The van der Waals surface area contributed by atoms with Crippen molar-refractivity contribution in [2.24, 2.45) is 5.92 Å². The first-order chi connectivity index (χ1) is 9.33. The molecule has 1 heterocycles. The minimum Gasteiger partial charge on any atom is -0.489 e.